The molecule has 1 N–H and O–H groups in total. The molecule has 0 radical (unpaired) electrons. The van der Waals surface area contributed by atoms with Crippen LogP contribution in [0.3, 0.4) is 0 Å². The Labute approximate surface area is 164 Å². The van der Waals surface area contributed by atoms with Gasteiger partial charge in [-0.05, 0) is 61.6 Å². The van der Waals surface area contributed by atoms with Gasteiger partial charge in [-0.25, -0.2) is 12.8 Å². The molecule has 1 aliphatic heterocycles. The van der Waals surface area contributed by atoms with E-state index in [2.05, 4.69) is 4.72 Å². The number of amides is 1. The van der Waals surface area contributed by atoms with Gasteiger partial charge in [-0.3, -0.25) is 9.52 Å². The van der Waals surface area contributed by atoms with Gasteiger partial charge in [0, 0.05) is 18.2 Å². The largest absolute Gasteiger partial charge is 0.312 e. The minimum atomic E-state index is -3.93. The van der Waals surface area contributed by atoms with Crippen LogP contribution in [0.1, 0.15) is 36.8 Å². The van der Waals surface area contributed by atoms with Gasteiger partial charge in [-0.15, -0.1) is 0 Å². The van der Waals surface area contributed by atoms with Gasteiger partial charge in [0.2, 0.25) is 5.91 Å². The van der Waals surface area contributed by atoms with Crippen LogP contribution in [0.2, 0.25) is 0 Å². The van der Waals surface area contributed by atoms with Gasteiger partial charge < -0.3 is 4.90 Å². The van der Waals surface area contributed by atoms with Crippen molar-refractivity contribution >= 4 is 27.3 Å². The third kappa shape index (κ3) is 3.51. The molecule has 1 fully saturated rings. The number of nitrogens with one attached hydrogen (secondary N) is 1. The van der Waals surface area contributed by atoms with E-state index in [1.165, 1.54) is 12.1 Å². The Morgan fingerprint density at radius 2 is 1.89 bits per heavy atom. The SMILES string of the molecule is Cc1ccc(F)cc1S(=O)(=O)Nc1ccc2c(c1)N(C(=O)C1CCCC1)CC2. The van der Waals surface area contributed by atoms with Gasteiger partial charge in [0.1, 0.15) is 5.82 Å². The monoisotopic (exact) mass is 402 g/mol. The van der Waals surface area contributed by atoms with Crippen LogP contribution in [-0.2, 0) is 21.2 Å². The molecule has 0 saturated heterocycles. The second-order valence-corrected chi connectivity index (χ2v) is 9.23. The summed E-state index contributed by atoms with van der Waals surface area (Å²) in [5.74, 6) is -0.397. The van der Waals surface area contributed by atoms with Crippen LogP contribution in [0.15, 0.2) is 41.3 Å². The molecule has 1 saturated carbocycles. The minimum Gasteiger partial charge on any atom is -0.312 e. The zero-order valence-electron chi connectivity index (χ0n) is 15.7. The van der Waals surface area contributed by atoms with Gasteiger partial charge in [-0.2, -0.15) is 0 Å². The first-order valence-electron chi connectivity index (χ1n) is 9.58. The number of aryl methyl sites for hydroxylation is 1. The molecule has 0 unspecified atom stereocenters. The first-order chi connectivity index (χ1) is 13.3. The highest BCUT2D eigenvalue weighted by atomic mass is 32.2. The van der Waals surface area contributed by atoms with Crippen molar-refractivity contribution in [1.82, 2.24) is 0 Å². The number of fused-ring (bicyclic) bond motifs is 1. The van der Waals surface area contributed by atoms with E-state index in [-0.39, 0.29) is 16.7 Å². The smallest absolute Gasteiger partial charge is 0.262 e. The number of rotatable bonds is 4. The quantitative estimate of drug-likeness (QED) is 0.840. The highest BCUT2D eigenvalue weighted by molar-refractivity contribution is 7.92. The molecule has 0 atom stereocenters. The highest BCUT2D eigenvalue weighted by Crippen LogP contribution is 2.35. The fourth-order valence-electron chi connectivity index (χ4n) is 4.14. The number of carbonyl (C=O) groups is 1. The predicted octanol–water partition coefficient (Wildman–Crippen LogP) is 4.01. The summed E-state index contributed by atoms with van der Waals surface area (Å²) in [6.45, 7) is 2.25. The molecular weight excluding hydrogens is 379 g/mol. The minimum absolute atomic E-state index is 0.0706. The molecule has 7 heteroatoms. The first-order valence-corrected chi connectivity index (χ1v) is 11.1. The molecule has 2 aromatic rings. The molecule has 2 aliphatic rings. The maximum absolute atomic E-state index is 13.5. The molecule has 4 rings (SSSR count). The lowest BCUT2D eigenvalue weighted by molar-refractivity contribution is -0.122. The third-order valence-corrected chi connectivity index (χ3v) is 7.17. The summed E-state index contributed by atoms with van der Waals surface area (Å²) in [6, 6.07) is 8.94. The van der Waals surface area contributed by atoms with Crippen molar-refractivity contribution in [2.75, 3.05) is 16.2 Å². The Balaban J connectivity index is 1.61. The van der Waals surface area contributed by atoms with Gasteiger partial charge in [0.15, 0.2) is 0 Å². The summed E-state index contributed by atoms with van der Waals surface area (Å²) in [4.78, 5) is 14.6. The summed E-state index contributed by atoms with van der Waals surface area (Å²) < 4.78 is 41.6. The van der Waals surface area contributed by atoms with E-state index in [0.717, 1.165) is 49.4 Å². The normalized spacial score (nSPS) is 17.0. The molecule has 0 spiro atoms. The molecule has 0 aromatic heterocycles. The van der Waals surface area contributed by atoms with E-state index >= 15 is 0 Å². The van der Waals surface area contributed by atoms with Crippen molar-refractivity contribution in [2.45, 2.75) is 43.9 Å². The van der Waals surface area contributed by atoms with Crippen LogP contribution in [0.4, 0.5) is 15.8 Å². The fourth-order valence-corrected chi connectivity index (χ4v) is 5.45. The second-order valence-electron chi connectivity index (χ2n) is 7.58. The van der Waals surface area contributed by atoms with Crippen LogP contribution in [-0.4, -0.2) is 20.9 Å². The lowest BCUT2D eigenvalue weighted by Crippen LogP contribution is -2.33. The second kappa shape index (κ2) is 7.20. The molecule has 1 heterocycles. The van der Waals surface area contributed by atoms with E-state index in [9.17, 15) is 17.6 Å². The number of hydrogen-bond donors (Lipinski definition) is 1. The summed E-state index contributed by atoms with van der Waals surface area (Å²) in [5.41, 5.74) is 2.64. The number of carbonyl (C=O) groups excluding carboxylic acids is 1. The lowest BCUT2D eigenvalue weighted by Gasteiger charge is -2.22. The number of halogens is 1. The first kappa shape index (κ1) is 18.9. The number of hydrogen-bond acceptors (Lipinski definition) is 3. The van der Waals surface area contributed by atoms with Crippen molar-refractivity contribution in [2.24, 2.45) is 5.92 Å². The number of nitrogens with zero attached hydrogens (tertiary/aromatic N) is 1. The summed E-state index contributed by atoms with van der Waals surface area (Å²) in [7, 11) is -3.93. The average molecular weight is 402 g/mol. The molecule has 2 aromatic carbocycles. The summed E-state index contributed by atoms with van der Waals surface area (Å²) in [5, 5.41) is 0. The van der Waals surface area contributed by atoms with E-state index in [1.807, 2.05) is 6.07 Å². The van der Waals surface area contributed by atoms with Crippen molar-refractivity contribution in [3.05, 3.63) is 53.3 Å². The zero-order chi connectivity index (χ0) is 19.9. The molecular formula is C21H23FN2O3S. The van der Waals surface area contributed by atoms with Crippen LogP contribution >= 0.6 is 0 Å². The van der Waals surface area contributed by atoms with E-state index in [0.29, 0.717) is 17.8 Å². The van der Waals surface area contributed by atoms with E-state index in [1.54, 1.807) is 24.0 Å². The topological polar surface area (TPSA) is 66.5 Å². The van der Waals surface area contributed by atoms with E-state index < -0.39 is 15.8 Å². The maximum Gasteiger partial charge on any atom is 0.262 e. The maximum atomic E-state index is 13.5. The lowest BCUT2D eigenvalue weighted by atomic mass is 10.1. The van der Waals surface area contributed by atoms with Crippen LogP contribution in [0, 0.1) is 18.7 Å². The predicted molar refractivity (Wildman–Crippen MR) is 106 cm³/mol. The van der Waals surface area contributed by atoms with Crippen molar-refractivity contribution in [3.63, 3.8) is 0 Å². The molecule has 0 bridgehead atoms. The van der Waals surface area contributed by atoms with Crippen molar-refractivity contribution in [1.29, 1.82) is 0 Å². The molecule has 148 valence electrons. The van der Waals surface area contributed by atoms with E-state index in [4.69, 9.17) is 0 Å². The zero-order valence-corrected chi connectivity index (χ0v) is 16.6. The van der Waals surface area contributed by atoms with Crippen molar-refractivity contribution in [3.8, 4) is 0 Å². The summed E-state index contributed by atoms with van der Waals surface area (Å²) in [6.07, 6.45) is 4.79. The Morgan fingerprint density at radius 3 is 2.64 bits per heavy atom. The van der Waals surface area contributed by atoms with Gasteiger partial charge in [0.05, 0.1) is 10.6 Å². The summed E-state index contributed by atoms with van der Waals surface area (Å²) >= 11 is 0. The van der Waals surface area contributed by atoms with Crippen LogP contribution in [0.5, 0.6) is 0 Å². The number of sulfonamides is 1. The van der Waals surface area contributed by atoms with Gasteiger partial charge >= 0.3 is 0 Å². The molecule has 1 aliphatic carbocycles. The van der Waals surface area contributed by atoms with Crippen molar-refractivity contribution < 1.29 is 17.6 Å². The molecule has 28 heavy (non-hydrogen) atoms. The number of anilines is 2. The average Bonchev–Trinajstić information content (AvgIpc) is 3.32. The Hall–Kier alpha value is -2.41. The van der Waals surface area contributed by atoms with Crippen LogP contribution < -0.4 is 9.62 Å². The Morgan fingerprint density at radius 1 is 1.14 bits per heavy atom. The number of benzene rings is 2. The van der Waals surface area contributed by atoms with Gasteiger partial charge in [0.25, 0.3) is 10.0 Å². The Bertz CT molecular complexity index is 1030. The van der Waals surface area contributed by atoms with Gasteiger partial charge in [-0.1, -0.05) is 25.0 Å². The fraction of sp³-hybridized carbons (Fsp3) is 0.381. The standard InChI is InChI=1S/C21H23FN2O3S/c1-14-6-8-17(22)12-20(14)28(26,27)23-18-9-7-15-10-11-24(19(15)13-18)21(25)16-4-2-3-5-16/h6-9,12-13,16,23H,2-5,10-11H2,1H3. The molecule has 1 amide bonds. The third-order valence-electron chi connectivity index (χ3n) is 5.64. The molecule has 5 nitrogen and oxygen atoms in total. The Kier molecular flexibility index (Phi) is 4.87. The van der Waals surface area contributed by atoms with Crippen LogP contribution in [0.25, 0.3) is 0 Å². The highest BCUT2D eigenvalue weighted by Gasteiger charge is 2.32.